The normalized spacial score (nSPS) is 10.5. The predicted molar refractivity (Wildman–Crippen MR) is 82.0 cm³/mol. The van der Waals surface area contributed by atoms with Gasteiger partial charge in [-0.1, -0.05) is 30.3 Å². The quantitative estimate of drug-likeness (QED) is 0.886. The average molecular weight is 289 g/mol. The molecule has 0 unspecified atom stereocenters. The summed E-state index contributed by atoms with van der Waals surface area (Å²) >= 11 is 1.43. The van der Waals surface area contributed by atoms with Crippen molar-refractivity contribution in [3.63, 3.8) is 0 Å². The molecule has 2 aromatic rings. The highest BCUT2D eigenvalue weighted by Gasteiger charge is 2.17. The summed E-state index contributed by atoms with van der Waals surface area (Å²) in [6, 6.07) is 10.2. The molecule has 2 rings (SSSR count). The lowest BCUT2D eigenvalue weighted by atomic mass is 10.1. The summed E-state index contributed by atoms with van der Waals surface area (Å²) in [7, 11) is 0. The Bertz CT molecular complexity index is 553. The molecule has 0 bridgehead atoms. The van der Waals surface area contributed by atoms with E-state index in [2.05, 4.69) is 17.1 Å². The van der Waals surface area contributed by atoms with Gasteiger partial charge in [-0.25, -0.2) is 4.98 Å². The number of aryl methyl sites for hydroxylation is 1. The van der Waals surface area contributed by atoms with Gasteiger partial charge in [-0.3, -0.25) is 4.79 Å². The molecule has 5 heteroatoms. The van der Waals surface area contributed by atoms with Crippen LogP contribution in [-0.4, -0.2) is 35.4 Å². The minimum Gasteiger partial charge on any atom is -0.336 e. The molecule has 1 heterocycles. The van der Waals surface area contributed by atoms with E-state index in [-0.39, 0.29) is 5.91 Å². The standard InChI is InChI=1S/C15H19N3OS/c1-12-17-11-14(20-12)15(19)18(10-8-16)9-7-13-5-3-2-4-6-13/h2-6,11H,7-10,16H2,1H3. The molecule has 0 saturated heterocycles. The summed E-state index contributed by atoms with van der Waals surface area (Å²) in [5.74, 6) is 0.0250. The van der Waals surface area contributed by atoms with E-state index in [1.54, 1.807) is 11.1 Å². The summed E-state index contributed by atoms with van der Waals surface area (Å²) in [6.07, 6.45) is 2.48. The van der Waals surface area contributed by atoms with Gasteiger partial charge in [-0.05, 0) is 18.9 Å². The van der Waals surface area contributed by atoms with Gasteiger partial charge in [0, 0.05) is 19.6 Å². The third-order valence-corrected chi connectivity index (χ3v) is 3.93. The Morgan fingerprint density at radius 3 is 2.65 bits per heavy atom. The summed E-state index contributed by atoms with van der Waals surface area (Å²) < 4.78 is 0. The Labute approximate surface area is 123 Å². The second kappa shape index (κ2) is 7.17. The van der Waals surface area contributed by atoms with Gasteiger partial charge >= 0.3 is 0 Å². The number of rotatable bonds is 6. The molecule has 0 aliphatic heterocycles. The van der Waals surface area contributed by atoms with Crippen LogP contribution >= 0.6 is 11.3 Å². The molecule has 4 nitrogen and oxygen atoms in total. The highest BCUT2D eigenvalue weighted by atomic mass is 32.1. The maximum Gasteiger partial charge on any atom is 0.265 e. The lowest BCUT2D eigenvalue weighted by Gasteiger charge is -2.21. The highest BCUT2D eigenvalue weighted by Crippen LogP contribution is 2.14. The molecule has 0 aliphatic rings. The van der Waals surface area contributed by atoms with Gasteiger partial charge in [0.05, 0.1) is 11.2 Å². The van der Waals surface area contributed by atoms with E-state index in [1.165, 1.54) is 16.9 Å². The minimum atomic E-state index is 0.0250. The first-order valence-electron chi connectivity index (χ1n) is 6.66. The van der Waals surface area contributed by atoms with Gasteiger partial charge < -0.3 is 10.6 Å². The van der Waals surface area contributed by atoms with Gasteiger partial charge in [0.1, 0.15) is 4.88 Å². The Hall–Kier alpha value is -1.72. The third-order valence-electron chi connectivity index (χ3n) is 3.03. The molecule has 0 saturated carbocycles. The Morgan fingerprint density at radius 2 is 2.05 bits per heavy atom. The number of hydrogen-bond donors (Lipinski definition) is 1. The van der Waals surface area contributed by atoms with Crippen LogP contribution < -0.4 is 5.73 Å². The van der Waals surface area contributed by atoms with Gasteiger partial charge in [0.25, 0.3) is 5.91 Å². The number of amides is 1. The first-order valence-corrected chi connectivity index (χ1v) is 7.48. The van der Waals surface area contributed by atoms with Crippen molar-refractivity contribution in [2.45, 2.75) is 13.3 Å². The van der Waals surface area contributed by atoms with E-state index in [0.717, 1.165) is 11.4 Å². The van der Waals surface area contributed by atoms with Crippen LogP contribution in [0.3, 0.4) is 0 Å². The first-order chi connectivity index (χ1) is 9.70. The molecule has 1 aromatic carbocycles. The summed E-state index contributed by atoms with van der Waals surface area (Å²) in [5, 5.41) is 0.907. The lowest BCUT2D eigenvalue weighted by molar-refractivity contribution is 0.0766. The average Bonchev–Trinajstić information content (AvgIpc) is 2.90. The van der Waals surface area contributed by atoms with Gasteiger partial charge in [-0.15, -0.1) is 11.3 Å². The van der Waals surface area contributed by atoms with Crippen molar-refractivity contribution in [1.29, 1.82) is 0 Å². The van der Waals surface area contributed by atoms with E-state index in [0.29, 0.717) is 24.5 Å². The molecule has 0 fully saturated rings. The molecule has 0 spiro atoms. The number of aromatic nitrogens is 1. The number of thiazole rings is 1. The SMILES string of the molecule is Cc1ncc(C(=O)N(CCN)CCc2ccccc2)s1. The van der Waals surface area contributed by atoms with Gasteiger partial charge in [0.15, 0.2) is 0 Å². The predicted octanol–water partition coefficient (Wildman–Crippen LogP) is 2.10. The zero-order valence-electron chi connectivity index (χ0n) is 11.6. The Morgan fingerprint density at radius 1 is 1.30 bits per heavy atom. The van der Waals surface area contributed by atoms with Gasteiger partial charge in [0.2, 0.25) is 0 Å². The van der Waals surface area contributed by atoms with Crippen LogP contribution in [-0.2, 0) is 6.42 Å². The van der Waals surface area contributed by atoms with Crippen LogP contribution in [0.25, 0.3) is 0 Å². The summed E-state index contributed by atoms with van der Waals surface area (Å²) in [5.41, 5.74) is 6.84. The van der Waals surface area contributed by atoms with Crippen LogP contribution in [0.2, 0.25) is 0 Å². The zero-order valence-corrected chi connectivity index (χ0v) is 12.4. The number of benzene rings is 1. The second-order valence-corrected chi connectivity index (χ2v) is 5.79. The van der Waals surface area contributed by atoms with Crippen LogP contribution in [0.15, 0.2) is 36.5 Å². The van der Waals surface area contributed by atoms with E-state index >= 15 is 0 Å². The number of carbonyl (C=O) groups excluding carboxylic acids is 1. The van der Waals surface area contributed by atoms with Crippen molar-refractivity contribution in [1.82, 2.24) is 9.88 Å². The number of nitrogens with two attached hydrogens (primary N) is 1. The maximum absolute atomic E-state index is 12.4. The molecule has 0 aliphatic carbocycles. The van der Waals surface area contributed by atoms with Crippen molar-refractivity contribution in [3.05, 3.63) is 52.0 Å². The molecule has 1 aromatic heterocycles. The van der Waals surface area contributed by atoms with Gasteiger partial charge in [-0.2, -0.15) is 0 Å². The molecule has 20 heavy (non-hydrogen) atoms. The van der Waals surface area contributed by atoms with Crippen molar-refractivity contribution in [2.75, 3.05) is 19.6 Å². The largest absolute Gasteiger partial charge is 0.336 e. The monoisotopic (exact) mass is 289 g/mol. The lowest BCUT2D eigenvalue weighted by Crippen LogP contribution is -2.36. The Kier molecular flexibility index (Phi) is 5.26. The molecule has 0 radical (unpaired) electrons. The number of carbonyl (C=O) groups is 1. The number of hydrogen-bond acceptors (Lipinski definition) is 4. The van der Waals surface area contributed by atoms with E-state index < -0.39 is 0 Å². The molecule has 1 amide bonds. The van der Waals surface area contributed by atoms with Crippen molar-refractivity contribution >= 4 is 17.2 Å². The third kappa shape index (κ3) is 3.88. The first kappa shape index (κ1) is 14.7. The van der Waals surface area contributed by atoms with Crippen LogP contribution in [0.5, 0.6) is 0 Å². The zero-order chi connectivity index (χ0) is 14.4. The molecule has 106 valence electrons. The maximum atomic E-state index is 12.4. The second-order valence-electron chi connectivity index (χ2n) is 4.56. The fraction of sp³-hybridized carbons (Fsp3) is 0.333. The fourth-order valence-electron chi connectivity index (χ4n) is 2.00. The fourth-order valence-corrected chi connectivity index (χ4v) is 2.74. The van der Waals surface area contributed by atoms with Crippen LogP contribution in [0.4, 0.5) is 0 Å². The highest BCUT2D eigenvalue weighted by molar-refractivity contribution is 7.13. The molecule has 0 atom stereocenters. The molecule has 2 N–H and O–H groups in total. The molecular weight excluding hydrogens is 270 g/mol. The molecular formula is C15H19N3OS. The van der Waals surface area contributed by atoms with E-state index in [9.17, 15) is 4.79 Å². The minimum absolute atomic E-state index is 0.0250. The smallest absolute Gasteiger partial charge is 0.265 e. The van der Waals surface area contributed by atoms with Crippen molar-refractivity contribution in [2.24, 2.45) is 5.73 Å². The van der Waals surface area contributed by atoms with E-state index in [1.807, 2.05) is 25.1 Å². The van der Waals surface area contributed by atoms with E-state index in [4.69, 9.17) is 5.73 Å². The number of nitrogens with zero attached hydrogens (tertiary/aromatic N) is 2. The summed E-state index contributed by atoms with van der Waals surface area (Å²) in [4.78, 5) is 19.0. The van der Waals surface area contributed by atoms with Crippen molar-refractivity contribution < 1.29 is 4.79 Å². The van der Waals surface area contributed by atoms with Crippen LogP contribution in [0.1, 0.15) is 20.2 Å². The topological polar surface area (TPSA) is 59.2 Å². The summed E-state index contributed by atoms with van der Waals surface area (Å²) in [6.45, 7) is 3.62. The Balaban J connectivity index is 2.01. The van der Waals surface area contributed by atoms with Crippen molar-refractivity contribution in [3.8, 4) is 0 Å². The van der Waals surface area contributed by atoms with Crippen LogP contribution in [0, 0.1) is 6.92 Å².